The molecule has 1 nitrogen and oxygen atoms in total. The van der Waals surface area contributed by atoms with E-state index in [0.717, 1.165) is 11.1 Å². The first kappa shape index (κ1) is 14.5. The van der Waals surface area contributed by atoms with Gasteiger partial charge in [0.25, 0.3) is 0 Å². The summed E-state index contributed by atoms with van der Waals surface area (Å²) in [7, 11) is 0. The summed E-state index contributed by atoms with van der Waals surface area (Å²) in [6.45, 7) is 0. The quantitative estimate of drug-likeness (QED) is 0.811. The lowest BCUT2D eigenvalue weighted by atomic mass is 9.99. The molecule has 0 aromatic heterocycles. The molecular weight excluding hydrogens is 283 g/mol. The number of rotatable bonds is 4. The molecule has 20 heavy (non-hydrogen) atoms. The van der Waals surface area contributed by atoms with E-state index in [9.17, 15) is 13.2 Å². The molecule has 5 heteroatoms. The molecule has 2 rings (SSSR count). The van der Waals surface area contributed by atoms with E-state index < -0.39 is 5.51 Å². The van der Waals surface area contributed by atoms with Crippen molar-refractivity contribution in [3.63, 3.8) is 0 Å². The zero-order valence-corrected chi connectivity index (χ0v) is 11.2. The van der Waals surface area contributed by atoms with E-state index in [0.29, 0.717) is 5.57 Å². The van der Waals surface area contributed by atoms with Crippen LogP contribution in [0.15, 0.2) is 66.9 Å². The average Bonchev–Trinajstić information content (AvgIpc) is 2.44. The van der Waals surface area contributed by atoms with E-state index in [1.54, 1.807) is 0 Å². The molecule has 0 heterocycles. The van der Waals surface area contributed by atoms with Gasteiger partial charge in [-0.05, 0) is 11.1 Å². The Bertz CT molecular complexity index is 523. The molecule has 2 aromatic rings. The van der Waals surface area contributed by atoms with Crippen molar-refractivity contribution in [1.29, 1.82) is 0 Å². The molecule has 0 unspecified atom stereocenters. The summed E-state index contributed by atoms with van der Waals surface area (Å²) >= 11 is -0.275. The van der Waals surface area contributed by atoms with Crippen LogP contribution in [0.25, 0.3) is 5.57 Å². The second kappa shape index (κ2) is 6.52. The second-order valence-electron chi connectivity index (χ2n) is 3.96. The van der Waals surface area contributed by atoms with Gasteiger partial charge in [0.1, 0.15) is 0 Å². The van der Waals surface area contributed by atoms with Gasteiger partial charge in [-0.15, -0.1) is 0 Å². The SMILES string of the molecule is FC(F)(F)SNC=C(c1ccccc1)c1ccccc1. The Hall–Kier alpha value is -1.88. The molecule has 0 atom stereocenters. The van der Waals surface area contributed by atoms with Crippen LogP contribution in [0, 0.1) is 0 Å². The first-order chi connectivity index (χ1) is 9.56. The summed E-state index contributed by atoms with van der Waals surface area (Å²) < 4.78 is 38.8. The fourth-order valence-corrected chi connectivity index (χ4v) is 2.03. The number of hydrogen-bond donors (Lipinski definition) is 1. The van der Waals surface area contributed by atoms with Crippen LogP contribution < -0.4 is 4.72 Å². The monoisotopic (exact) mass is 295 g/mol. The van der Waals surface area contributed by atoms with Gasteiger partial charge >= 0.3 is 5.51 Å². The molecule has 0 aliphatic heterocycles. The van der Waals surface area contributed by atoms with Crippen molar-refractivity contribution in [2.24, 2.45) is 0 Å². The predicted molar refractivity (Wildman–Crippen MR) is 76.7 cm³/mol. The van der Waals surface area contributed by atoms with Gasteiger partial charge in [0.2, 0.25) is 0 Å². The average molecular weight is 295 g/mol. The fraction of sp³-hybridized carbons (Fsp3) is 0.0667. The minimum atomic E-state index is -4.31. The standard InChI is InChI=1S/C15H12F3NS/c16-15(17,18)20-19-11-14(12-7-3-1-4-8-12)13-9-5-2-6-10-13/h1-11,19H. The maximum atomic E-state index is 12.2. The highest BCUT2D eigenvalue weighted by molar-refractivity contribution is 7.98. The van der Waals surface area contributed by atoms with Crippen molar-refractivity contribution in [2.75, 3.05) is 0 Å². The molecule has 0 saturated heterocycles. The van der Waals surface area contributed by atoms with Crippen LogP contribution in [0.5, 0.6) is 0 Å². The van der Waals surface area contributed by atoms with E-state index in [2.05, 4.69) is 4.72 Å². The fourth-order valence-electron chi connectivity index (χ4n) is 1.72. The zero-order chi connectivity index (χ0) is 14.4. The third kappa shape index (κ3) is 4.35. The highest BCUT2D eigenvalue weighted by atomic mass is 32.2. The van der Waals surface area contributed by atoms with Gasteiger partial charge in [-0.25, -0.2) is 0 Å². The predicted octanol–water partition coefficient (Wildman–Crippen LogP) is 4.83. The van der Waals surface area contributed by atoms with Crippen molar-refractivity contribution in [1.82, 2.24) is 4.72 Å². The van der Waals surface area contributed by atoms with Gasteiger partial charge in [-0.2, -0.15) is 13.2 Å². The molecule has 0 spiro atoms. The summed E-state index contributed by atoms with van der Waals surface area (Å²) in [5.41, 5.74) is -1.89. The molecule has 0 fully saturated rings. The van der Waals surface area contributed by atoms with Gasteiger partial charge in [-0.1, -0.05) is 60.7 Å². The van der Waals surface area contributed by atoms with Crippen molar-refractivity contribution in [2.45, 2.75) is 5.51 Å². The summed E-state index contributed by atoms with van der Waals surface area (Å²) in [6, 6.07) is 18.6. The number of benzene rings is 2. The summed E-state index contributed by atoms with van der Waals surface area (Å²) in [6.07, 6.45) is 1.38. The molecule has 2 aromatic carbocycles. The molecule has 0 bridgehead atoms. The largest absolute Gasteiger partial charge is 0.461 e. The molecular formula is C15H12F3NS. The third-order valence-corrected chi connectivity index (χ3v) is 3.01. The highest BCUT2D eigenvalue weighted by Crippen LogP contribution is 2.29. The number of nitrogens with one attached hydrogen (secondary N) is 1. The lowest BCUT2D eigenvalue weighted by Gasteiger charge is -2.10. The Morgan fingerprint density at radius 1 is 0.850 bits per heavy atom. The molecule has 0 aliphatic rings. The minimum Gasteiger partial charge on any atom is -0.329 e. The summed E-state index contributed by atoms with van der Waals surface area (Å²) in [5, 5.41) is 0. The number of alkyl halides is 3. The smallest absolute Gasteiger partial charge is 0.329 e. The van der Waals surface area contributed by atoms with Crippen LogP contribution in [0.3, 0.4) is 0 Å². The van der Waals surface area contributed by atoms with Crippen LogP contribution in [-0.2, 0) is 0 Å². The Morgan fingerprint density at radius 3 is 1.70 bits per heavy atom. The molecule has 1 N–H and O–H groups in total. The maximum Gasteiger partial charge on any atom is 0.461 e. The minimum absolute atomic E-state index is 0.275. The topological polar surface area (TPSA) is 12.0 Å². The number of hydrogen-bond acceptors (Lipinski definition) is 2. The zero-order valence-electron chi connectivity index (χ0n) is 10.4. The normalized spacial score (nSPS) is 10.9. The van der Waals surface area contributed by atoms with Gasteiger partial charge in [0.05, 0.1) is 11.9 Å². The Morgan fingerprint density at radius 2 is 1.30 bits per heavy atom. The van der Waals surface area contributed by atoms with Crippen LogP contribution in [0.2, 0.25) is 0 Å². The van der Waals surface area contributed by atoms with E-state index in [1.807, 2.05) is 60.7 Å². The Kier molecular flexibility index (Phi) is 4.74. The Labute approximate surface area is 119 Å². The molecule has 104 valence electrons. The van der Waals surface area contributed by atoms with Crippen LogP contribution in [0.1, 0.15) is 11.1 Å². The van der Waals surface area contributed by atoms with E-state index >= 15 is 0 Å². The lowest BCUT2D eigenvalue weighted by Crippen LogP contribution is -2.08. The van der Waals surface area contributed by atoms with Crippen LogP contribution in [0.4, 0.5) is 13.2 Å². The third-order valence-electron chi connectivity index (χ3n) is 2.55. The van der Waals surface area contributed by atoms with Crippen molar-refractivity contribution < 1.29 is 13.2 Å². The van der Waals surface area contributed by atoms with Crippen molar-refractivity contribution in [3.8, 4) is 0 Å². The highest BCUT2D eigenvalue weighted by Gasteiger charge is 2.28. The van der Waals surface area contributed by atoms with Crippen molar-refractivity contribution >= 4 is 17.5 Å². The van der Waals surface area contributed by atoms with Gasteiger partial charge in [-0.3, -0.25) is 0 Å². The van der Waals surface area contributed by atoms with E-state index in [-0.39, 0.29) is 11.9 Å². The van der Waals surface area contributed by atoms with Crippen LogP contribution >= 0.6 is 11.9 Å². The van der Waals surface area contributed by atoms with E-state index in [4.69, 9.17) is 0 Å². The summed E-state index contributed by atoms with van der Waals surface area (Å²) in [4.78, 5) is 0. The van der Waals surface area contributed by atoms with Gasteiger partial charge < -0.3 is 4.72 Å². The van der Waals surface area contributed by atoms with E-state index in [1.165, 1.54) is 6.20 Å². The first-order valence-electron chi connectivity index (χ1n) is 5.87. The van der Waals surface area contributed by atoms with Gasteiger partial charge in [0.15, 0.2) is 0 Å². The molecule has 0 aliphatic carbocycles. The first-order valence-corrected chi connectivity index (χ1v) is 6.69. The summed E-state index contributed by atoms with van der Waals surface area (Å²) in [5.74, 6) is 0. The van der Waals surface area contributed by atoms with Crippen LogP contribution in [-0.4, -0.2) is 5.51 Å². The maximum absolute atomic E-state index is 12.2. The molecule has 0 amide bonds. The molecule has 0 saturated carbocycles. The van der Waals surface area contributed by atoms with Crippen molar-refractivity contribution in [3.05, 3.63) is 78.0 Å². The van der Waals surface area contributed by atoms with Gasteiger partial charge in [0, 0.05) is 11.8 Å². The second-order valence-corrected chi connectivity index (χ2v) is 4.86. The number of halogens is 3. The lowest BCUT2D eigenvalue weighted by molar-refractivity contribution is -0.0333. The Balaban J connectivity index is 2.28. The molecule has 0 radical (unpaired) electrons.